The van der Waals surface area contributed by atoms with Gasteiger partial charge in [-0.25, -0.2) is 0 Å². The Hall–Kier alpha value is -2.68. The molecule has 0 saturated heterocycles. The zero-order valence-corrected chi connectivity index (χ0v) is 15.4. The molecule has 1 unspecified atom stereocenters. The first kappa shape index (κ1) is 20.1. The van der Waals surface area contributed by atoms with E-state index in [-0.39, 0.29) is 28.6 Å². The number of rotatable bonds is 5. The normalized spacial score (nSPS) is 16.5. The zero-order valence-electron chi connectivity index (χ0n) is 14.6. The molecule has 148 valence electrons. The summed E-state index contributed by atoms with van der Waals surface area (Å²) in [7, 11) is 0. The standard InChI is InChI=1S/C19H17F3N2O3S/c20-19(21,22)27-14-8-6-13(7-9-14)23-17(25)11-28-16-10-5-12-3-1-2-4-15(12)24-18(16)26/h1-4,6-9,16H,5,10-11H2,(H,23,25)(H,24,26). The highest BCUT2D eigenvalue weighted by molar-refractivity contribution is 8.01. The molecule has 0 aliphatic carbocycles. The molecule has 9 heteroatoms. The number of aryl methyl sites for hydroxylation is 1. The van der Waals surface area contributed by atoms with Crippen molar-refractivity contribution >= 4 is 35.0 Å². The molecule has 2 aromatic rings. The Morgan fingerprint density at radius 1 is 1.18 bits per heavy atom. The van der Waals surface area contributed by atoms with E-state index in [0.29, 0.717) is 12.1 Å². The molecule has 3 rings (SSSR count). The van der Waals surface area contributed by atoms with Crippen molar-refractivity contribution in [2.24, 2.45) is 0 Å². The number of halogens is 3. The van der Waals surface area contributed by atoms with Gasteiger partial charge >= 0.3 is 6.36 Å². The van der Waals surface area contributed by atoms with Gasteiger partial charge in [0.2, 0.25) is 11.8 Å². The number of amides is 2. The molecule has 2 N–H and O–H groups in total. The first-order chi connectivity index (χ1) is 13.3. The van der Waals surface area contributed by atoms with Crippen LogP contribution < -0.4 is 15.4 Å². The number of hydrogen-bond acceptors (Lipinski definition) is 4. The molecule has 0 radical (unpaired) electrons. The molecular weight excluding hydrogens is 393 g/mol. The third-order valence-electron chi connectivity index (χ3n) is 4.03. The van der Waals surface area contributed by atoms with Gasteiger partial charge in [0.05, 0.1) is 11.0 Å². The number of nitrogens with one attached hydrogen (secondary N) is 2. The van der Waals surface area contributed by atoms with Gasteiger partial charge in [0.25, 0.3) is 0 Å². The molecule has 2 amide bonds. The molecule has 1 heterocycles. The Labute approximate surface area is 163 Å². The Bertz CT molecular complexity index is 856. The van der Waals surface area contributed by atoms with E-state index in [1.807, 2.05) is 24.3 Å². The van der Waals surface area contributed by atoms with Crippen molar-refractivity contribution in [1.29, 1.82) is 0 Å². The number of alkyl halides is 3. The molecule has 0 spiro atoms. The Kier molecular flexibility index (Phi) is 6.13. The summed E-state index contributed by atoms with van der Waals surface area (Å²) in [4.78, 5) is 24.4. The van der Waals surface area contributed by atoms with Crippen molar-refractivity contribution in [2.45, 2.75) is 24.5 Å². The summed E-state index contributed by atoms with van der Waals surface area (Å²) in [5.74, 6) is -0.801. The van der Waals surface area contributed by atoms with E-state index in [1.165, 1.54) is 23.9 Å². The Morgan fingerprint density at radius 2 is 1.89 bits per heavy atom. The number of ether oxygens (including phenoxy) is 1. The second-order valence-corrected chi connectivity index (χ2v) is 7.30. The molecule has 0 saturated carbocycles. The molecule has 1 aliphatic rings. The molecule has 0 bridgehead atoms. The van der Waals surface area contributed by atoms with Crippen LogP contribution in [-0.2, 0) is 16.0 Å². The fourth-order valence-corrected chi connectivity index (χ4v) is 3.68. The number of benzene rings is 2. The van der Waals surface area contributed by atoms with E-state index in [2.05, 4.69) is 15.4 Å². The quantitative estimate of drug-likeness (QED) is 0.775. The Morgan fingerprint density at radius 3 is 2.61 bits per heavy atom. The number of hydrogen-bond donors (Lipinski definition) is 2. The lowest BCUT2D eigenvalue weighted by Gasteiger charge is -2.13. The van der Waals surface area contributed by atoms with Gasteiger partial charge in [-0.15, -0.1) is 24.9 Å². The average molecular weight is 410 g/mol. The maximum absolute atomic E-state index is 12.3. The van der Waals surface area contributed by atoms with Crippen LogP contribution in [0.25, 0.3) is 0 Å². The van der Waals surface area contributed by atoms with E-state index >= 15 is 0 Å². The summed E-state index contributed by atoms with van der Waals surface area (Å²) >= 11 is 1.23. The van der Waals surface area contributed by atoms with Crippen molar-refractivity contribution in [3.63, 3.8) is 0 Å². The van der Waals surface area contributed by atoms with E-state index in [4.69, 9.17) is 0 Å². The van der Waals surface area contributed by atoms with Crippen LogP contribution in [0.4, 0.5) is 24.5 Å². The molecule has 1 aliphatic heterocycles. The summed E-state index contributed by atoms with van der Waals surface area (Å²) in [6.07, 6.45) is -3.42. The first-order valence-corrected chi connectivity index (χ1v) is 9.51. The van der Waals surface area contributed by atoms with Gasteiger partial charge in [0.15, 0.2) is 0 Å². The third-order valence-corrected chi connectivity index (χ3v) is 5.31. The van der Waals surface area contributed by atoms with Crippen molar-refractivity contribution in [2.75, 3.05) is 16.4 Å². The van der Waals surface area contributed by atoms with Crippen molar-refractivity contribution in [3.8, 4) is 5.75 Å². The van der Waals surface area contributed by atoms with E-state index in [0.717, 1.165) is 29.8 Å². The van der Waals surface area contributed by atoms with Gasteiger partial charge < -0.3 is 15.4 Å². The SMILES string of the molecule is O=C(CSC1CCc2ccccc2NC1=O)Nc1ccc(OC(F)(F)F)cc1. The van der Waals surface area contributed by atoms with Crippen LogP contribution >= 0.6 is 11.8 Å². The Balaban J connectivity index is 1.50. The highest BCUT2D eigenvalue weighted by Crippen LogP contribution is 2.27. The highest BCUT2D eigenvalue weighted by atomic mass is 32.2. The molecule has 2 aromatic carbocycles. The van der Waals surface area contributed by atoms with Crippen LogP contribution in [0.15, 0.2) is 48.5 Å². The van der Waals surface area contributed by atoms with Crippen LogP contribution in [0, 0.1) is 0 Å². The zero-order chi connectivity index (χ0) is 20.1. The van der Waals surface area contributed by atoms with Crippen molar-refractivity contribution in [3.05, 3.63) is 54.1 Å². The minimum absolute atomic E-state index is 0.0508. The van der Waals surface area contributed by atoms with Gasteiger partial charge in [-0.2, -0.15) is 0 Å². The largest absolute Gasteiger partial charge is 0.573 e. The van der Waals surface area contributed by atoms with Gasteiger partial charge in [0.1, 0.15) is 5.75 Å². The molecule has 0 aromatic heterocycles. The second-order valence-electron chi connectivity index (χ2n) is 6.11. The van der Waals surface area contributed by atoms with Crippen LogP contribution in [0.2, 0.25) is 0 Å². The minimum atomic E-state index is -4.76. The summed E-state index contributed by atoms with van der Waals surface area (Å²) in [5, 5.41) is 5.10. The van der Waals surface area contributed by atoms with E-state index < -0.39 is 6.36 Å². The molecule has 28 heavy (non-hydrogen) atoms. The first-order valence-electron chi connectivity index (χ1n) is 8.46. The molecule has 0 fully saturated rings. The number of carbonyl (C=O) groups is 2. The number of thioether (sulfide) groups is 1. The topological polar surface area (TPSA) is 67.4 Å². The fourth-order valence-electron chi connectivity index (χ4n) is 2.76. The summed E-state index contributed by atoms with van der Waals surface area (Å²) in [5.41, 5.74) is 2.20. The van der Waals surface area contributed by atoms with Crippen LogP contribution in [0.5, 0.6) is 5.75 Å². The number of fused-ring (bicyclic) bond motifs is 1. The minimum Gasteiger partial charge on any atom is -0.406 e. The maximum atomic E-state index is 12.3. The molecule has 1 atom stereocenters. The third kappa shape index (κ3) is 5.66. The number of anilines is 2. The van der Waals surface area contributed by atoms with Crippen molar-refractivity contribution in [1.82, 2.24) is 0 Å². The van der Waals surface area contributed by atoms with Gasteiger partial charge in [-0.3, -0.25) is 9.59 Å². The second kappa shape index (κ2) is 8.55. The highest BCUT2D eigenvalue weighted by Gasteiger charge is 2.31. The van der Waals surface area contributed by atoms with Crippen molar-refractivity contribution < 1.29 is 27.5 Å². The van der Waals surface area contributed by atoms with Gasteiger partial charge in [0, 0.05) is 11.4 Å². The summed E-state index contributed by atoms with van der Waals surface area (Å²) in [6, 6.07) is 12.4. The fraction of sp³-hybridized carbons (Fsp3) is 0.263. The lowest BCUT2D eigenvalue weighted by molar-refractivity contribution is -0.274. The van der Waals surface area contributed by atoms with E-state index in [9.17, 15) is 22.8 Å². The number of carbonyl (C=O) groups excluding carboxylic acids is 2. The summed E-state index contributed by atoms with van der Waals surface area (Å²) in [6.45, 7) is 0. The smallest absolute Gasteiger partial charge is 0.406 e. The molecule has 5 nitrogen and oxygen atoms in total. The predicted octanol–water partition coefficient (Wildman–Crippen LogP) is 4.21. The van der Waals surface area contributed by atoms with Gasteiger partial charge in [-0.05, 0) is 48.7 Å². The van der Waals surface area contributed by atoms with E-state index in [1.54, 1.807) is 0 Å². The summed E-state index contributed by atoms with van der Waals surface area (Å²) < 4.78 is 40.2. The lowest BCUT2D eigenvalue weighted by Crippen LogP contribution is -2.26. The molecular formula is C19H17F3N2O3S. The monoisotopic (exact) mass is 410 g/mol. The number of para-hydroxylation sites is 1. The van der Waals surface area contributed by atoms with Gasteiger partial charge in [-0.1, -0.05) is 18.2 Å². The predicted molar refractivity (Wildman–Crippen MR) is 101 cm³/mol. The van der Waals surface area contributed by atoms with Crippen LogP contribution in [-0.4, -0.2) is 29.2 Å². The average Bonchev–Trinajstić information content (AvgIpc) is 2.79. The maximum Gasteiger partial charge on any atom is 0.573 e. The van der Waals surface area contributed by atoms with Crippen LogP contribution in [0.1, 0.15) is 12.0 Å². The van der Waals surface area contributed by atoms with Crippen LogP contribution in [0.3, 0.4) is 0 Å². The lowest BCUT2D eigenvalue weighted by atomic mass is 10.1.